The molecule has 0 aliphatic carbocycles. The molecule has 6 nitrogen and oxygen atoms in total. The van der Waals surface area contributed by atoms with Crippen molar-refractivity contribution in [2.45, 2.75) is 18.9 Å². The summed E-state index contributed by atoms with van der Waals surface area (Å²) in [6, 6.07) is 1.66. The number of nitrogens with zero attached hydrogens (tertiary/aromatic N) is 3. The molecule has 1 aliphatic heterocycles. The fourth-order valence-corrected chi connectivity index (χ4v) is 1.25. The molecular weight excluding hydrogens is 198 g/mol. The van der Waals surface area contributed by atoms with E-state index in [1.165, 1.54) is 13.3 Å². The van der Waals surface area contributed by atoms with Gasteiger partial charge in [0.25, 0.3) is 0 Å². The lowest BCUT2D eigenvalue weighted by Gasteiger charge is -2.14. The van der Waals surface area contributed by atoms with Crippen LogP contribution in [0.3, 0.4) is 0 Å². The number of aliphatic carboxylic acids is 1. The van der Waals surface area contributed by atoms with E-state index < -0.39 is 11.6 Å². The van der Waals surface area contributed by atoms with Gasteiger partial charge in [-0.05, 0) is 13.0 Å². The number of hydrogen-bond donors (Lipinski definition) is 1. The van der Waals surface area contributed by atoms with Crippen LogP contribution in [0, 0.1) is 0 Å². The summed E-state index contributed by atoms with van der Waals surface area (Å²) in [7, 11) is 0. The predicted molar refractivity (Wildman–Crippen MR) is 50.3 cm³/mol. The smallest absolute Gasteiger partial charge is 0.351 e. The maximum atomic E-state index is 10.9. The molecule has 0 spiro atoms. The van der Waals surface area contributed by atoms with Gasteiger partial charge in [0.2, 0.25) is 5.60 Å². The van der Waals surface area contributed by atoms with Gasteiger partial charge in [0.05, 0.1) is 5.69 Å². The molecule has 1 N–H and O–H groups in total. The second-order valence-electron chi connectivity index (χ2n) is 3.44. The molecule has 1 unspecified atom stereocenters. The van der Waals surface area contributed by atoms with Gasteiger partial charge in [-0.25, -0.2) is 14.8 Å². The van der Waals surface area contributed by atoms with Crippen molar-refractivity contribution in [3.63, 3.8) is 0 Å². The summed E-state index contributed by atoms with van der Waals surface area (Å²) in [5, 5.41) is 12.6. The Bertz CT molecular complexity index is 418. The van der Waals surface area contributed by atoms with E-state index in [2.05, 4.69) is 15.1 Å². The number of hydrogen-bond acceptors (Lipinski definition) is 5. The highest BCUT2D eigenvalue weighted by Gasteiger charge is 2.42. The van der Waals surface area contributed by atoms with Crippen molar-refractivity contribution in [3.05, 3.63) is 24.3 Å². The largest absolute Gasteiger partial charge is 0.478 e. The molecule has 0 aromatic carbocycles. The lowest BCUT2D eigenvalue weighted by atomic mass is 9.99. The van der Waals surface area contributed by atoms with Gasteiger partial charge in [-0.15, -0.1) is 0 Å². The van der Waals surface area contributed by atoms with Crippen LogP contribution in [-0.4, -0.2) is 32.4 Å². The molecule has 1 atom stereocenters. The van der Waals surface area contributed by atoms with Gasteiger partial charge < -0.3 is 9.94 Å². The zero-order valence-electron chi connectivity index (χ0n) is 8.04. The van der Waals surface area contributed by atoms with Crippen molar-refractivity contribution in [1.82, 2.24) is 9.97 Å². The minimum absolute atomic E-state index is 0.208. The summed E-state index contributed by atoms with van der Waals surface area (Å²) in [5.74, 6) is -1.03. The van der Waals surface area contributed by atoms with Crippen LogP contribution in [0.4, 0.5) is 0 Å². The van der Waals surface area contributed by atoms with E-state index in [0.717, 1.165) is 0 Å². The monoisotopic (exact) mass is 207 g/mol. The van der Waals surface area contributed by atoms with E-state index in [0.29, 0.717) is 11.4 Å². The molecule has 0 saturated carbocycles. The van der Waals surface area contributed by atoms with Gasteiger partial charge in [-0.1, -0.05) is 5.16 Å². The first-order chi connectivity index (χ1) is 7.12. The molecular formula is C9H9N3O3. The first kappa shape index (κ1) is 9.57. The van der Waals surface area contributed by atoms with E-state index >= 15 is 0 Å². The number of carboxylic acids is 1. The number of oxime groups is 1. The van der Waals surface area contributed by atoms with E-state index in [1.807, 2.05) is 0 Å². The Balaban J connectivity index is 2.21. The summed E-state index contributed by atoms with van der Waals surface area (Å²) < 4.78 is 0. The number of carboxylic acid groups (broad SMARTS) is 1. The van der Waals surface area contributed by atoms with Crippen molar-refractivity contribution >= 4 is 11.7 Å². The number of rotatable bonds is 2. The Kier molecular flexibility index (Phi) is 2.11. The molecule has 1 aliphatic rings. The minimum Gasteiger partial charge on any atom is -0.478 e. The first-order valence-corrected chi connectivity index (χ1v) is 4.37. The molecule has 15 heavy (non-hydrogen) atoms. The van der Waals surface area contributed by atoms with Crippen molar-refractivity contribution in [2.24, 2.45) is 5.16 Å². The Morgan fingerprint density at radius 1 is 1.67 bits per heavy atom. The number of carbonyl (C=O) groups is 1. The van der Waals surface area contributed by atoms with Gasteiger partial charge in [0.15, 0.2) is 0 Å². The maximum Gasteiger partial charge on any atom is 0.351 e. The predicted octanol–water partition coefficient (Wildman–Crippen LogP) is 0.444. The lowest BCUT2D eigenvalue weighted by molar-refractivity contribution is -0.160. The van der Waals surface area contributed by atoms with Crippen molar-refractivity contribution in [3.8, 4) is 0 Å². The highest BCUT2D eigenvalue weighted by molar-refractivity contribution is 6.02. The summed E-state index contributed by atoms with van der Waals surface area (Å²) in [6.07, 6.45) is 3.16. The summed E-state index contributed by atoms with van der Waals surface area (Å²) in [4.78, 5) is 23.5. The molecule has 2 heterocycles. The van der Waals surface area contributed by atoms with Gasteiger partial charge >= 0.3 is 5.97 Å². The average molecular weight is 207 g/mol. The van der Waals surface area contributed by atoms with Crippen molar-refractivity contribution < 1.29 is 14.7 Å². The molecule has 1 aromatic heterocycles. The van der Waals surface area contributed by atoms with Crippen LogP contribution in [0.25, 0.3) is 0 Å². The van der Waals surface area contributed by atoms with Crippen LogP contribution in [0.5, 0.6) is 0 Å². The lowest BCUT2D eigenvalue weighted by Crippen LogP contribution is -2.35. The Morgan fingerprint density at radius 2 is 2.47 bits per heavy atom. The topological polar surface area (TPSA) is 84.7 Å². The Hall–Kier alpha value is -1.98. The molecule has 0 saturated heterocycles. The van der Waals surface area contributed by atoms with Crippen LogP contribution in [0.15, 0.2) is 23.7 Å². The fraction of sp³-hybridized carbons (Fsp3) is 0.333. The van der Waals surface area contributed by atoms with E-state index in [9.17, 15) is 4.79 Å². The fourth-order valence-electron chi connectivity index (χ4n) is 1.25. The molecule has 6 heteroatoms. The summed E-state index contributed by atoms with van der Waals surface area (Å²) >= 11 is 0. The molecule has 1 aromatic rings. The third-order valence-corrected chi connectivity index (χ3v) is 2.19. The summed E-state index contributed by atoms with van der Waals surface area (Å²) in [5.41, 5.74) is -0.155. The van der Waals surface area contributed by atoms with Crippen LogP contribution >= 0.6 is 0 Å². The molecule has 2 rings (SSSR count). The van der Waals surface area contributed by atoms with Crippen LogP contribution in [-0.2, 0) is 9.63 Å². The van der Waals surface area contributed by atoms with Crippen molar-refractivity contribution in [1.29, 1.82) is 0 Å². The van der Waals surface area contributed by atoms with Gasteiger partial charge in [-0.3, -0.25) is 0 Å². The standard InChI is InChI=1S/C9H9N3O3/c1-9(8(13)14)4-7(12-15-9)6-2-3-10-5-11-6/h2-3,5H,4H2,1H3,(H,13,14). The molecule has 78 valence electrons. The maximum absolute atomic E-state index is 10.9. The van der Waals surface area contributed by atoms with Gasteiger partial charge in [0.1, 0.15) is 12.0 Å². The Labute approximate surface area is 85.6 Å². The minimum atomic E-state index is -1.28. The van der Waals surface area contributed by atoms with Crippen LogP contribution in [0.1, 0.15) is 19.0 Å². The van der Waals surface area contributed by atoms with Crippen molar-refractivity contribution in [2.75, 3.05) is 0 Å². The van der Waals surface area contributed by atoms with Gasteiger partial charge in [-0.2, -0.15) is 0 Å². The van der Waals surface area contributed by atoms with E-state index in [4.69, 9.17) is 9.94 Å². The van der Waals surface area contributed by atoms with Crippen LogP contribution < -0.4 is 0 Å². The second-order valence-corrected chi connectivity index (χ2v) is 3.44. The van der Waals surface area contributed by atoms with E-state index in [1.54, 1.807) is 12.3 Å². The van der Waals surface area contributed by atoms with Gasteiger partial charge in [0, 0.05) is 12.6 Å². The SMILES string of the molecule is CC1(C(=O)O)CC(c2ccncn2)=NO1. The third kappa shape index (κ3) is 1.65. The third-order valence-electron chi connectivity index (χ3n) is 2.19. The first-order valence-electron chi connectivity index (χ1n) is 4.37. The average Bonchev–Trinajstić information content (AvgIpc) is 2.64. The van der Waals surface area contributed by atoms with Crippen LogP contribution in [0.2, 0.25) is 0 Å². The highest BCUT2D eigenvalue weighted by Crippen LogP contribution is 2.25. The molecule has 0 fully saturated rings. The highest BCUT2D eigenvalue weighted by atomic mass is 16.7. The number of aromatic nitrogens is 2. The molecule has 0 amide bonds. The summed E-state index contributed by atoms with van der Waals surface area (Å²) in [6.45, 7) is 1.48. The molecule has 0 radical (unpaired) electrons. The zero-order valence-corrected chi connectivity index (χ0v) is 8.04. The van der Waals surface area contributed by atoms with E-state index in [-0.39, 0.29) is 6.42 Å². The second kappa shape index (κ2) is 3.30. The Morgan fingerprint density at radius 3 is 3.00 bits per heavy atom. The molecule has 0 bridgehead atoms. The quantitative estimate of drug-likeness (QED) is 0.760. The normalized spacial score (nSPS) is 24.5. The zero-order chi connectivity index (χ0) is 10.9.